The summed E-state index contributed by atoms with van der Waals surface area (Å²) in [4.78, 5) is 20.5. The molecule has 0 bridgehead atoms. The number of nitrogens with zero attached hydrogens (tertiary/aromatic N) is 3. The van der Waals surface area contributed by atoms with Crippen LogP contribution in [-0.2, 0) is 16.1 Å². The van der Waals surface area contributed by atoms with Crippen LogP contribution in [0.25, 0.3) is 0 Å². The number of amides is 1. The highest BCUT2D eigenvalue weighted by Crippen LogP contribution is 2.21. The maximum absolute atomic E-state index is 11.8. The number of aliphatic imine (C=N–C) groups is 1. The second-order valence-electron chi connectivity index (χ2n) is 7.33. The summed E-state index contributed by atoms with van der Waals surface area (Å²) in [6.45, 7) is 7.44. The van der Waals surface area contributed by atoms with Gasteiger partial charge in [-0.15, -0.1) is 0 Å². The molecule has 3 rings (SSSR count). The third-order valence-electron chi connectivity index (χ3n) is 5.30. The molecule has 2 aliphatic rings. The Balaban J connectivity index is 1.32. The van der Waals surface area contributed by atoms with Crippen LogP contribution in [0.5, 0.6) is 0 Å². The first kappa shape index (κ1) is 20.6. The number of unbranched alkanes of at least 4 members (excludes halogenated alkanes) is 1. The number of hydrogen-bond acceptors (Lipinski definition) is 4. The average molecular weight is 388 g/mol. The van der Waals surface area contributed by atoms with Crippen molar-refractivity contribution in [1.29, 1.82) is 0 Å². The lowest BCUT2D eigenvalue weighted by Gasteiger charge is -2.26. The van der Waals surface area contributed by atoms with Crippen LogP contribution in [0.1, 0.15) is 31.2 Å². The molecule has 2 heterocycles. The molecule has 154 valence electrons. The first-order valence-electron chi connectivity index (χ1n) is 10.4. The molecule has 2 saturated heterocycles. The molecule has 0 radical (unpaired) electrons. The average Bonchev–Trinajstić information content (AvgIpc) is 3.17. The number of hydrogen-bond donors (Lipinski definition) is 2. The fourth-order valence-electron chi connectivity index (χ4n) is 3.61. The maximum Gasteiger partial charge on any atom is 0.227 e. The Hall–Kier alpha value is -2.12. The van der Waals surface area contributed by atoms with Gasteiger partial charge >= 0.3 is 0 Å². The van der Waals surface area contributed by atoms with Crippen molar-refractivity contribution in [1.82, 2.24) is 15.5 Å². The summed E-state index contributed by atoms with van der Waals surface area (Å²) in [6, 6.07) is 8.21. The predicted molar refractivity (Wildman–Crippen MR) is 113 cm³/mol. The lowest BCUT2D eigenvalue weighted by atomic mass is 10.2. The van der Waals surface area contributed by atoms with Crippen LogP contribution in [0, 0.1) is 0 Å². The van der Waals surface area contributed by atoms with Gasteiger partial charge < -0.3 is 20.3 Å². The number of morpholine rings is 1. The summed E-state index contributed by atoms with van der Waals surface area (Å²) < 4.78 is 5.38. The van der Waals surface area contributed by atoms with Crippen molar-refractivity contribution in [3.63, 3.8) is 0 Å². The molecule has 0 spiro atoms. The SMILES string of the molecule is CN=C(NCCCCN1CCOCC1)NCc1ccc(N2CCCC2=O)cc1. The van der Waals surface area contributed by atoms with Crippen LogP contribution in [0.15, 0.2) is 29.3 Å². The molecule has 2 fully saturated rings. The number of nitrogens with one attached hydrogen (secondary N) is 2. The molecule has 1 amide bonds. The van der Waals surface area contributed by atoms with Gasteiger partial charge in [-0.2, -0.15) is 0 Å². The number of ether oxygens (including phenoxy) is 1. The first-order chi connectivity index (χ1) is 13.8. The largest absolute Gasteiger partial charge is 0.379 e. The molecular formula is C21H33N5O2. The van der Waals surface area contributed by atoms with Crippen molar-refractivity contribution < 1.29 is 9.53 Å². The van der Waals surface area contributed by atoms with Gasteiger partial charge in [0.1, 0.15) is 0 Å². The zero-order chi connectivity index (χ0) is 19.6. The Morgan fingerprint density at radius 3 is 2.57 bits per heavy atom. The molecule has 0 unspecified atom stereocenters. The Labute approximate surface area is 168 Å². The highest BCUT2D eigenvalue weighted by Gasteiger charge is 2.21. The van der Waals surface area contributed by atoms with Gasteiger partial charge in [-0.05, 0) is 43.5 Å². The Morgan fingerprint density at radius 1 is 1.11 bits per heavy atom. The third kappa shape index (κ3) is 6.21. The maximum atomic E-state index is 11.8. The highest BCUT2D eigenvalue weighted by atomic mass is 16.5. The zero-order valence-corrected chi connectivity index (χ0v) is 17.0. The van der Waals surface area contributed by atoms with Crippen molar-refractivity contribution in [2.24, 2.45) is 4.99 Å². The van der Waals surface area contributed by atoms with Gasteiger partial charge in [-0.3, -0.25) is 14.7 Å². The smallest absolute Gasteiger partial charge is 0.227 e. The van der Waals surface area contributed by atoms with Crippen molar-refractivity contribution in [2.75, 3.05) is 57.9 Å². The topological polar surface area (TPSA) is 69.2 Å². The first-order valence-corrected chi connectivity index (χ1v) is 10.4. The minimum Gasteiger partial charge on any atom is -0.379 e. The molecule has 7 nitrogen and oxygen atoms in total. The third-order valence-corrected chi connectivity index (χ3v) is 5.30. The highest BCUT2D eigenvalue weighted by molar-refractivity contribution is 5.95. The van der Waals surface area contributed by atoms with Crippen LogP contribution in [0.2, 0.25) is 0 Å². The van der Waals surface area contributed by atoms with Crippen LogP contribution in [0.3, 0.4) is 0 Å². The molecule has 0 saturated carbocycles. The van der Waals surface area contributed by atoms with Gasteiger partial charge in [0.05, 0.1) is 13.2 Å². The van der Waals surface area contributed by atoms with Crippen molar-refractivity contribution in [3.05, 3.63) is 29.8 Å². The van der Waals surface area contributed by atoms with Gasteiger partial charge in [0.25, 0.3) is 0 Å². The van der Waals surface area contributed by atoms with Gasteiger partial charge in [0.15, 0.2) is 5.96 Å². The van der Waals surface area contributed by atoms with E-state index < -0.39 is 0 Å². The summed E-state index contributed by atoms with van der Waals surface area (Å²) in [6.07, 6.45) is 3.92. The summed E-state index contributed by atoms with van der Waals surface area (Å²) in [5.74, 6) is 1.05. The van der Waals surface area contributed by atoms with E-state index in [0.717, 1.165) is 70.4 Å². The van der Waals surface area contributed by atoms with E-state index in [2.05, 4.69) is 32.7 Å². The Bertz CT molecular complexity index is 641. The fourth-order valence-corrected chi connectivity index (χ4v) is 3.61. The monoisotopic (exact) mass is 387 g/mol. The quantitative estimate of drug-likeness (QED) is 0.403. The number of carbonyl (C=O) groups is 1. The van der Waals surface area contributed by atoms with Gasteiger partial charge in [-0.25, -0.2) is 0 Å². The molecule has 7 heteroatoms. The molecule has 1 aromatic carbocycles. The van der Waals surface area contributed by atoms with Crippen LogP contribution in [-0.4, -0.2) is 69.8 Å². The van der Waals surface area contributed by atoms with E-state index in [1.165, 1.54) is 12.0 Å². The van der Waals surface area contributed by atoms with Crippen LogP contribution in [0.4, 0.5) is 5.69 Å². The predicted octanol–water partition coefficient (Wildman–Crippen LogP) is 1.59. The van der Waals surface area contributed by atoms with Crippen molar-refractivity contribution in [2.45, 2.75) is 32.2 Å². The van der Waals surface area contributed by atoms with E-state index in [4.69, 9.17) is 4.74 Å². The second kappa shape index (κ2) is 11.0. The summed E-state index contributed by atoms with van der Waals surface area (Å²) in [5, 5.41) is 6.74. The van der Waals surface area contributed by atoms with E-state index >= 15 is 0 Å². The fraction of sp³-hybridized carbons (Fsp3) is 0.619. The minimum atomic E-state index is 0.226. The Kier molecular flexibility index (Phi) is 8.11. The molecule has 0 aromatic heterocycles. The van der Waals surface area contributed by atoms with E-state index in [-0.39, 0.29) is 5.91 Å². The normalized spacial score (nSPS) is 18.5. The van der Waals surface area contributed by atoms with E-state index in [0.29, 0.717) is 13.0 Å². The van der Waals surface area contributed by atoms with Gasteiger partial charge in [-0.1, -0.05) is 12.1 Å². The summed E-state index contributed by atoms with van der Waals surface area (Å²) >= 11 is 0. The molecule has 0 aliphatic carbocycles. The lowest BCUT2D eigenvalue weighted by Crippen LogP contribution is -2.38. The summed E-state index contributed by atoms with van der Waals surface area (Å²) in [7, 11) is 1.80. The number of rotatable bonds is 8. The molecule has 0 atom stereocenters. The van der Waals surface area contributed by atoms with E-state index in [1.807, 2.05) is 17.0 Å². The molecular weight excluding hydrogens is 354 g/mol. The van der Waals surface area contributed by atoms with Gasteiger partial charge in [0.2, 0.25) is 5.91 Å². The number of benzene rings is 1. The van der Waals surface area contributed by atoms with E-state index in [9.17, 15) is 4.79 Å². The van der Waals surface area contributed by atoms with Crippen molar-refractivity contribution in [3.8, 4) is 0 Å². The molecule has 28 heavy (non-hydrogen) atoms. The lowest BCUT2D eigenvalue weighted by molar-refractivity contribution is -0.117. The minimum absolute atomic E-state index is 0.226. The number of guanidine groups is 1. The Morgan fingerprint density at radius 2 is 1.89 bits per heavy atom. The van der Waals surface area contributed by atoms with Crippen molar-refractivity contribution >= 4 is 17.6 Å². The number of carbonyl (C=O) groups excluding carboxylic acids is 1. The standard InChI is InChI=1S/C21H33N5O2/c1-22-21(23-10-2-3-11-25-13-15-28-16-14-25)24-17-18-6-8-19(9-7-18)26-12-4-5-20(26)27/h6-9H,2-5,10-17H2,1H3,(H2,22,23,24). The molecule has 2 N–H and O–H groups in total. The zero-order valence-electron chi connectivity index (χ0n) is 17.0. The second-order valence-corrected chi connectivity index (χ2v) is 7.33. The molecule has 1 aromatic rings. The van der Waals surface area contributed by atoms with Crippen LogP contribution < -0.4 is 15.5 Å². The number of anilines is 1. The van der Waals surface area contributed by atoms with E-state index in [1.54, 1.807) is 7.05 Å². The van der Waals surface area contributed by atoms with Crippen LogP contribution >= 0.6 is 0 Å². The van der Waals surface area contributed by atoms with Gasteiger partial charge in [0, 0.05) is 51.9 Å². The molecule has 2 aliphatic heterocycles. The summed E-state index contributed by atoms with van der Waals surface area (Å²) in [5.41, 5.74) is 2.17.